The summed E-state index contributed by atoms with van der Waals surface area (Å²) in [5.41, 5.74) is 4.59. The fourth-order valence-corrected chi connectivity index (χ4v) is 3.94. The summed E-state index contributed by atoms with van der Waals surface area (Å²) in [7, 11) is 1.98. The van der Waals surface area contributed by atoms with Gasteiger partial charge in [0.15, 0.2) is 0 Å². The van der Waals surface area contributed by atoms with Gasteiger partial charge in [-0.15, -0.1) is 5.10 Å². The predicted octanol–water partition coefficient (Wildman–Crippen LogP) is 7.24. The second kappa shape index (κ2) is 18.1. The smallest absolute Gasteiger partial charge is 0.145 e. The van der Waals surface area contributed by atoms with Gasteiger partial charge in [0.2, 0.25) is 0 Å². The van der Waals surface area contributed by atoms with Crippen LogP contribution in [0.25, 0.3) is 0 Å². The Kier molecular flexibility index (Phi) is 15.7. The van der Waals surface area contributed by atoms with Crippen molar-refractivity contribution in [2.45, 2.75) is 87.5 Å². The third-order valence-electron chi connectivity index (χ3n) is 6.97. The van der Waals surface area contributed by atoms with Gasteiger partial charge in [-0.25, -0.2) is 4.99 Å². The first-order valence-electron chi connectivity index (χ1n) is 14.7. The molecular weight excluding hydrogens is 484 g/mol. The summed E-state index contributed by atoms with van der Waals surface area (Å²) < 4.78 is 2.00. The molecule has 0 bridgehead atoms. The lowest BCUT2D eigenvalue weighted by atomic mass is 10.0. The highest BCUT2D eigenvalue weighted by Crippen LogP contribution is 2.18. The van der Waals surface area contributed by atoms with Gasteiger partial charge in [-0.2, -0.15) is 10.2 Å². The van der Waals surface area contributed by atoms with E-state index in [-0.39, 0.29) is 0 Å². The molecule has 0 saturated carbocycles. The lowest BCUT2D eigenvalue weighted by Gasteiger charge is -2.25. The van der Waals surface area contributed by atoms with Gasteiger partial charge in [-0.05, 0) is 68.7 Å². The zero-order valence-electron chi connectivity index (χ0n) is 25.9. The van der Waals surface area contributed by atoms with Crippen molar-refractivity contribution >= 4 is 23.4 Å². The van der Waals surface area contributed by atoms with Crippen LogP contribution in [-0.2, 0) is 11.8 Å². The molecule has 2 rings (SSSR count). The SMILES string of the molecule is C=C1C=CC(/C(=C/C=O)N=c2ccc(N(CCC)CCCC(C)CC)cn2C)=NN1/N=C(/C)C(C)CC.CC. The number of aromatic nitrogens is 1. The highest BCUT2D eigenvalue weighted by molar-refractivity contribution is 6.10. The number of carbonyl (C=O) groups excluding carboxylic acids is 1. The third-order valence-corrected chi connectivity index (χ3v) is 6.97. The molecule has 7 heteroatoms. The number of hydrogen-bond donors (Lipinski definition) is 0. The molecule has 2 atom stereocenters. The van der Waals surface area contributed by atoms with Crippen LogP contribution in [0.4, 0.5) is 5.69 Å². The van der Waals surface area contributed by atoms with Gasteiger partial charge in [0.05, 0.1) is 17.1 Å². The number of carbonyl (C=O) groups is 1. The van der Waals surface area contributed by atoms with Crippen LogP contribution in [0.2, 0.25) is 0 Å². The molecule has 1 aromatic heterocycles. The number of hydrogen-bond acceptors (Lipinski definition) is 6. The van der Waals surface area contributed by atoms with Crippen LogP contribution >= 0.6 is 0 Å². The fourth-order valence-electron chi connectivity index (χ4n) is 3.94. The molecule has 1 aliphatic heterocycles. The average Bonchev–Trinajstić information content (AvgIpc) is 2.94. The van der Waals surface area contributed by atoms with E-state index in [1.54, 1.807) is 0 Å². The van der Waals surface area contributed by atoms with E-state index in [2.05, 4.69) is 68.6 Å². The Bertz CT molecular complexity index is 1110. The first kappa shape index (κ1) is 33.8. The molecule has 7 nitrogen and oxygen atoms in total. The predicted molar refractivity (Wildman–Crippen MR) is 168 cm³/mol. The minimum atomic E-state index is 0.340. The maximum absolute atomic E-state index is 11.5. The van der Waals surface area contributed by atoms with Crippen molar-refractivity contribution in [3.63, 3.8) is 0 Å². The minimum Gasteiger partial charge on any atom is -0.370 e. The molecule has 1 aliphatic rings. The van der Waals surface area contributed by atoms with E-state index in [4.69, 9.17) is 4.99 Å². The van der Waals surface area contributed by atoms with Crippen LogP contribution in [-0.4, -0.2) is 40.5 Å². The summed E-state index contributed by atoms with van der Waals surface area (Å²) in [6, 6.07) is 4.11. The number of anilines is 1. The summed E-state index contributed by atoms with van der Waals surface area (Å²) in [5, 5.41) is 10.8. The number of aryl methyl sites for hydroxylation is 1. The van der Waals surface area contributed by atoms with E-state index in [0.29, 0.717) is 23.0 Å². The summed E-state index contributed by atoms with van der Waals surface area (Å²) in [4.78, 5) is 18.7. The van der Waals surface area contributed by atoms with Gasteiger partial charge in [0.25, 0.3) is 0 Å². The maximum atomic E-state index is 11.5. The molecule has 0 radical (unpaired) electrons. The summed E-state index contributed by atoms with van der Waals surface area (Å²) >= 11 is 0. The maximum Gasteiger partial charge on any atom is 0.145 e. The second-order valence-corrected chi connectivity index (χ2v) is 9.95. The Labute approximate surface area is 237 Å². The standard InChI is InChI=1S/C30H46N6O.C2H6/c1-9-19-35(20-12-13-23(4)10-2)27-15-17-30(34(8)22-27)31-28(18-21-37)29-16-14-25(6)36(33-29)32-26(7)24(5)11-3;1-2/h14-18,21-24H,6,9-13,19-20H2,1-5,7-8H3;1-2H3/b28-18-,31-30?,32-26-;. The van der Waals surface area contributed by atoms with Crippen molar-refractivity contribution in [2.24, 2.45) is 34.1 Å². The number of hydrazone groups is 2. The quantitative estimate of drug-likeness (QED) is 0.143. The van der Waals surface area contributed by atoms with Gasteiger partial charge in [-0.1, -0.05) is 61.5 Å². The minimum absolute atomic E-state index is 0.340. The summed E-state index contributed by atoms with van der Waals surface area (Å²) in [6.45, 7) is 23.2. The van der Waals surface area contributed by atoms with Crippen molar-refractivity contribution in [1.29, 1.82) is 0 Å². The van der Waals surface area contributed by atoms with Crippen LogP contribution in [0.15, 0.2) is 69.7 Å². The van der Waals surface area contributed by atoms with E-state index < -0.39 is 0 Å². The molecule has 0 amide bonds. The van der Waals surface area contributed by atoms with E-state index in [1.165, 1.54) is 36.1 Å². The number of rotatable bonds is 14. The first-order valence-corrected chi connectivity index (χ1v) is 14.7. The zero-order chi connectivity index (χ0) is 29.4. The highest BCUT2D eigenvalue weighted by atomic mass is 16.1. The topological polar surface area (TPSA) is 65.6 Å². The molecule has 0 spiro atoms. The summed E-state index contributed by atoms with van der Waals surface area (Å²) in [5.74, 6) is 1.10. The van der Waals surface area contributed by atoms with Gasteiger partial charge in [0, 0.05) is 38.1 Å². The molecule has 1 aromatic rings. The Morgan fingerprint density at radius 3 is 2.44 bits per heavy atom. The molecule has 0 aromatic carbocycles. The Balaban J connectivity index is 0.00000371. The monoisotopic (exact) mass is 536 g/mol. The number of nitrogens with zero attached hydrogens (tertiary/aromatic N) is 6. The summed E-state index contributed by atoms with van der Waals surface area (Å²) in [6.07, 6.45) is 13.7. The largest absolute Gasteiger partial charge is 0.370 e. The van der Waals surface area contributed by atoms with Crippen LogP contribution in [0.3, 0.4) is 0 Å². The van der Waals surface area contributed by atoms with Crippen molar-refractivity contribution < 1.29 is 4.79 Å². The van der Waals surface area contributed by atoms with Crippen LogP contribution in [0.1, 0.15) is 87.5 Å². The molecule has 216 valence electrons. The van der Waals surface area contributed by atoms with Gasteiger partial charge < -0.3 is 9.47 Å². The Morgan fingerprint density at radius 1 is 1.13 bits per heavy atom. The Morgan fingerprint density at radius 2 is 1.85 bits per heavy atom. The van der Waals surface area contributed by atoms with Gasteiger partial charge in [0.1, 0.15) is 17.5 Å². The average molecular weight is 537 g/mol. The van der Waals surface area contributed by atoms with E-state index >= 15 is 0 Å². The van der Waals surface area contributed by atoms with Gasteiger partial charge in [-0.3, -0.25) is 4.79 Å². The normalized spacial score (nSPS) is 15.9. The molecule has 0 saturated heterocycles. The molecule has 2 heterocycles. The molecule has 0 fully saturated rings. The zero-order valence-corrected chi connectivity index (χ0v) is 25.9. The Hall–Kier alpha value is -3.22. The van der Waals surface area contributed by atoms with Crippen LogP contribution in [0, 0.1) is 11.8 Å². The second-order valence-electron chi connectivity index (χ2n) is 9.95. The van der Waals surface area contributed by atoms with Crippen LogP contribution in [0.5, 0.6) is 0 Å². The highest BCUT2D eigenvalue weighted by Gasteiger charge is 2.15. The van der Waals surface area contributed by atoms with Crippen molar-refractivity contribution in [1.82, 2.24) is 9.69 Å². The molecule has 2 unspecified atom stereocenters. The number of allylic oxidation sites excluding steroid dienone is 3. The number of aldehydes is 1. The third kappa shape index (κ3) is 10.8. The van der Waals surface area contributed by atoms with E-state index in [9.17, 15) is 4.79 Å². The molecular formula is C32H52N6O. The van der Waals surface area contributed by atoms with Crippen molar-refractivity contribution in [2.75, 3.05) is 18.0 Å². The lowest BCUT2D eigenvalue weighted by molar-refractivity contribution is -0.104. The van der Waals surface area contributed by atoms with Crippen molar-refractivity contribution in [3.05, 3.63) is 60.0 Å². The molecule has 0 aliphatic carbocycles. The number of pyridine rings is 1. The molecule has 0 N–H and O–H groups in total. The van der Waals surface area contributed by atoms with Crippen LogP contribution < -0.4 is 10.4 Å². The first-order chi connectivity index (χ1) is 18.7. The van der Waals surface area contributed by atoms with E-state index in [1.807, 2.05) is 50.6 Å². The van der Waals surface area contributed by atoms with Gasteiger partial charge >= 0.3 is 0 Å². The lowest BCUT2D eigenvalue weighted by Crippen LogP contribution is -2.28. The molecule has 39 heavy (non-hydrogen) atoms. The fraction of sp³-hybridized carbons (Fsp3) is 0.562. The van der Waals surface area contributed by atoms with E-state index in [0.717, 1.165) is 49.3 Å². The van der Waals surface area contributed by atoms with Crippen molar-refractivity contribution in [3.8, 4) is 0 Å².